The van der Waals surface area contributed by atoms with E-state index in [-0.39, 0.29) is 5.69 Å². The molecule has 0 heterocycles. The average Bonchev–Trinajstić information content (AvgIpc) is 2.43. The number of carbonyl (C=O) groups is 1. The lowest BCUT2D eigenvalue weighted by Crippen LogP contribution is -2.13. The summed E-state index contributed by atoms with van der Waals surface area (Å²) in [6.45, 7) is 2.36. The van der Waals surface area contributed by atoms with E-state index < -0.39 is 11.7 Å². The number of rotatable bonds is 4. The second-order valence-electron chi connectivity index (χ2n) is 4.15. The number of nitrogens with two attached hydrogens (primary N) is 1. The van der Waals surface area contributed by atoms with Crippen LogP contribution in [0.4, 0.5) is 15.8 Å². The van der Waals surface area contributed by atoms with Gasteiger partial charge in [-0.3, -0.25) is 4.79 Å². The number of halogens is 1. The molecule has 2 rings (SSSR count). The second kappa shape index (κ2) is 6.06. The Morgan fingerprint density at radius 2 is 2.10 bits per heavy atom. The first kappa shape index (κ1) is 13.9. The molecule has 4 nitrogen and oxygen atoms in total. The summed E-state index contributed by atoms with van der Waals surface area (Å²) in [5, 5.41) is 2.49. The summed E-state index contributed by atoms with van der Waals surface area (Å²) in [7, 11) is 0. The van der Waals surface area contributed by atoms with Crippen molar-refractivity contribution in [3.8, 4) is 5.75 Å². The lowest BCUT2D eigenvalue weighted by molar-refractivity contribution is 0.102. The van der Waals surface area contributed by atoms with Gasteiger partial charge in [0.2, 0.25) is 0 Å². The number of amides is 1. The van der Waals surface area contributed by atoms with Gasteiger partial charge in [-0.2, -0.15) is 0 Å². The number of hydrogen-bond donors (Lipinski definition) is 2. The zero-order valence-electron chi connectivity index (χ0n) is 11.0. The minimum atomic E-state index is -0.534. The molecule has 20 heavy (non-hydrogen) atoms. The Balaban J connectivity index is 2.19. The molecule has 0 aromatic heterocycles. The van der Waals surface area contributed by atoms with E-state index in [9.17, 15) is 9.18 Å². The fourth-order valence-electron chi connectivity index (χ4n) is 1.73. The maximum atomic E-state index is 13.6. The summed E-state index contributed by atoms with van der Waals surface area (Å²) in [5.74, 6) is -0.363. The third-order valence-corrected chi connectivity index (χ3v) is 2.65. The number of anilines is 2. The largest absolute Gasteiger partial charge is 0.494 e. The highest BCUT2D eigenvalue weighted by atomic mass is 19.1. The van der Waals surface area contributed by atoms with Gasteiger partial charge in [-0.15, -0.1) is 0 Å². The van der Waals surface area contributed by atoms with Gasteiger partial charge in [0.05, 0.1) is 12.3 Å². The van der Waals surface area contributed by atoms with Gasteiger partial charge in [0.1, 0.15) is 11.6 Å². The molecule has 3 N–H and O–H groups in total. The summed E-state index contributed by atoms with van der Waals surface area (Å²) in [6.07, 6.45) is 0. The highest BCUT2D eigenvalue weighted by Crippen LogP contribution is 2.19. The Morgan fingerprint density at radius 1 is 1.30 bits per heavy atom. The van der Waals surface area contributed by atoms with E-state index in [1.54, 1.807) is 24.3 Å². The monoisotopic (exact) mass is 274 g/mol. The van der Waals surface area contributed by atoms with E-state index in [0.29, 0.717) is 23.6 Å². The Hall–Kier alpha value is -2.56. The van der Waals surface area contributed by atoms with Crippen LogP contribution < -0.4 is 15.8 Å². The zero-order valence-corrected chi connectivity index (χ0v) is 11.0. The molecule has 0 saturated heterocycles. The van der Waals surface area contributed by atoms with Crippen LogP contribution in [0.2, 0.25) is 0 Å². The van der Waals surface area contributed by atoms with Crippen LogP contribution in [0.1, 0.15) is 17.3 Å². The van der Waals surface area contributed by atoms with Crippen molar-refractivity contribution in [2.24, 2.45) is 0 Å². The van der Waals surface area contributed by atoms with Gasteiger partial charge in [-0.1, -0.05) is 6.07 Å². The van der Waals surface area contributed by atoms with Crippen molar-refractivity contribution in [3.63, 3.8) is 0 Å². The average molecular weight is 274 g/mol. The first-order valence-corrected chi connectivity index (χ1v) is 6.19. The fourth-order valence-corrected chi connectivity index (χ4v) is 1.73. The second-order valence-corrected chi connectivity index (χ2v) is 4.15. The topological polar surface area (TPSA) is 64.3 Å². The maximum Gasteiger partial charge on any atom is 0.255 e. The van der Waals surface area contributed by atoms with Crippen LogP contribution in [0.3, 0.4) is 0 Å². The highest BCUT2D eigenvalue weighted by molar-refractivity contribution is 6.04. The summed E-state index contributed by atoms with van der Waals surface area (Å²) in [5.41, 5.74) is 6.39. The number of hydrogen-bond acceptors (Lipinski definition) is 3. The van der Waals surface area contributed by atoms with E-state index in [1.165, 1.54) is 18.2 Å². The molecule has 0 atom stereocenters. The van der Waals surface area contributed by atoms with Crippen molar-refractivity contribution >= 4 is 17.3 Å². The number of benzene rings is 2. The molecule has 0 saturated carbocycles. The van der Waals surface area contributed by atoms with Crippen LogP contribution in [-0.4, -0.2) is 12.5 Å². The van der Waals surface area contributed by atoms with Gasteiger partial charge in [-0.25, -0.2) is 4.39 Å². The molecular formula is C15H15FN2O2. The van der Waals surface area contributed by atoms with Crippen LogP contribution in [0.5, 0.6) is 5.75 Å². The quantitative estimate of drug-likeness (QED) is 0.842. The smallest absolute Gasteiger partial charge is 0.255 e. The number of carbonyl (C=O) groups excluding carboxylic acids is 1. The predicted octanol–water partition coefficient (Wildman–Crippen LogP) is 3.06. The first-order chi connectivity index (χ1) is 9.60. The molecule has 0 fully saturated rings. The van der Waals surface area contributed by atoms with Crippen molar-refractivity contribution in [1.82, 2.24) is 0 Å². The minimum absolute atomic E-state index is 0.0526. The summed E-state index contributed by atoms with van der Waals surface area (Å²) in [4.78, 5) is 12.1. The molecule has 0 unspecified atom stereocenters. The van der Waals surface area contributed by atoms with E-state index in [1.807, 2.05) is 6.92 Å². The van der Waals surface area contributed by atoms with Gasteiger partial charge < -0.3 is 15.8 Å². The fraction of sp³-hybridized carbons (Fsp3) is 0.133. The van der Waals surface area contributed by atoms with Crippen molar-refractivity contribution in [1.29, 1.82) is 0 Å². The Kier molecular flexibility index (Phi) is 4.20. The molecule has 0 bridgehead atoms. The number of nitrogens with one attached hydrogen (secondary N) is 1. The highest BCUT2D eigenvalue weighted by Gasteiger charge is 2.10. The zero-order chi connectivity index (χ0) is 14.5. The Morgan fingerprint density at radius 3 is 2.85 bits per heavy atom. The van der Waals surface area contributed by atoms with Crippen LogP contribution in [-0.2, 0) is 0 Å². The van der Waals surface area contributed by atoms with E-state index >= 15 is 0 Å². The van der Waals surface area contributed by atoms with E-state index in [4.69, 9.17) is 10.5 Å². The first-order valence-electron chi connectivity index (χ1n) is 6.19. The van der Waals surface area contributed by atoms with Crippen molar-refractivity contribution in [3.05, 3.63) is 53.8 Å². The normalized spacial score (nSPS) is 10.1. The molecule has 0 aliphatic heterocycles. The number of nitrogen functional groups attached to an aromatic ring is 1. The van der Waals surface area contributed by atoms with Gasteiger partial charge >= 0.3 is 0 Å². The SMILES string of the molecule is CCOc1cccc(C(=O)Nc2cc(N)ccc2F)c1. The maximum absolute atomic E-state index is 13.6. The molecule has 5 heteroatoms. The van der Waals surface area contributed by atoms with E-state index in [2.05, 4.69) is 5.32 Å². The van der Waals surface area contributed by atoms with Gasteiger partial charge in [0, 0.05) is 11.3 Å². The summed E-state index contributed by atoms with van der Waals surface area (Å²) >= 11 is 0. The van der Waals surface area contributed by atoms with Gasteiger partial charge in [0.15, 0.2) is 0 Å². The summed E-state index contributed by atoms with van der Waals surface area (Å²) in [6, 6.07) is 10.7. The van der Waals surface area contributed by atoms with Crippen LogP contribution in [0.15, 0.2) is 42.5 Å². The third-order valence-electron chi connectivity index (χ3n) is 2.65. The lowest BCUT2D eigenvalue weighted by Gasteiger charge is -2.09. The van der Waals surface area contributed by atoms with Gasteiger partial charge in [0.25, 0.3) is 5.91 Å². The molecule has 1 amide bonds. The molecule has 2 aromatic carbocycles. The van der Waals surface area contributed by atoms with Crippen molar-refractivity contribution < 1.29 is 13.9 Å². The Labute approximate surface area is 116 Å². The molecule has 104 valence electrons. The van der Waals surface area contributed by atoms with E-state index in [0.717, 1.165) is 0 Å². The van der Waals surface area contributed by atoms with Gasteiger partial charge in [-0.05, 0) is 43.3 Å². The van der Waals surface area contributed by atoms with Crippen LogP contribution in [0, 0.1) is 5.82 Å². The standard InChI is InChI=1S/C15H15FN2O2/c1-2-20-12-5-3-4-10(8-12)15(19)18-14-9-11(17)6-7-13(14)16/h3-9H,2,17H2,1H3,(H,18,19). The third kappa shape index (κ3) is 3.26. The molecule has 0 spiro atoms. The molecule has 0 aliphatic carbocycles. The lowest BCUT2D eigenvalue weighted by atomic mass is 10.2. The Bertz CT molecular complexity index is 629. The number of ether oxygens (including phenoxy) is 1. The predicted molar refractivity (Wildman–Crippen MR) is 76.4 cm³/mol. The van der Waals surface area contributed by atoms with Crippen molar-refractivity contribution in [2.45, 2.75) is 6.92 Å². The molecule has 2 aromatic rings. The van der Waals surface area contributed by atoms with Crippen LogP contribution >= 0.6 is 0 Å². The van der Waals surface area contributed by atoms with Crippen molar-refractivity contribution in [2.75, 3.05) is 17.7 Å². The molecule has 0 aliphatic rings. The molecular weight excluding hydrogens is 259 g/mol. The van der Waals surface area contributed by atoms with Crippen LogP contribution in [0.25, 0.3) is 0 Å². The summed E-state index contributed by atoms with van der Waals surface area (Å²) < 4.78 is 18.9. The molecule has 0 radical (unpaired) electrons. The minimum Gasteiger partial charge on any atom is -0.494 e.